The van der Waals surface area contributed by atoms with Crippen LogP contribution in [0.5, 0.6) is 0 Å². The zero-order valence-corrected chi connectivity index (χ0v) is 9.28. The van der Waals surface area contributed by atoms with E-state index in [2.05, 4.69) is 4.98 Å². The van der Waals surface area contributed by atoms with Crippen molar-refractivity contribution >= 4 is 22.5 Å². The van der Waals surface area contributed by atoms with Crippen LogP contribution in [0.4, 0.5) is 0 Å². The van der Waals surface area contributed by atoms with E-state index in [0.717, 1.165) is 16.5 Å². The second kappa shape index (κ2) is 4.48. The first-order valence-corrected chi connectivity index (χ1v) is 5.28. The molecule has 1 aromatic carbocycles. The van der Waals surface area contributed by atoms with Crippen LogP contribution >= 0.6 is 11.6 Å². The molecular weight excluding hydrogens is 222 g/mol. The quantitative estimate of drug-likeness (QED) is 0.809. The Kier molecular flexibility index (Phi) is 3.04. The Bertz CT molecular complexity index is 560. The summed E-state index contributed by atoms with van der Waals surface area (Å²) in [4.78, 5) is 4.25. The molecule has 0 spiro atoms. The lowest BCUT2D eigenvalue weighted by Crippen LogP contribution is -2.10. The molecule has 0 amide bonds. The van der Waals surface area contributed by atoms with E-state index in [4.69, 9.17) is 22.6 Å². The summed E-state index contributed by atoms with van der Waals surface area (Å²) in [5.41, 5.74) is 7.41. The summed E-state index contributed by atoms with van der Waals surface area (Å²) in [5.74, 6) is 0. The standard InChI is InChI=1S/C12H10ClN3/c13-12-9(10(15)5-6-14)7-8-3-1-2-4-11(8)16-12/h1-4,7,10H,5,15H2/t10-/m0/s1. The largest absolute Gasteiger partial charge is 0.323 e. The van der Waals surface area contributed by atoms with Gasteiger partial charge in [0.1, 0.15) is 5.15 Å². The highest BCUT2D eigenvalue weighted by Gasteiger charge is 2.12. The molecule has 0 aliphatic carbocycles. The third-order valence-electron chi connectivity index (χ3n) is 2.42. The van der Waals surface area contributed by atoms with Gasteiger partial charge in [-0.15, -0.1) is 0 Å². The first-order valence-electron chi connectivity index (χ1n) is 4.90. The second-order valence-corrected chi connectivity index (χ2v) is 3.89. The second-order valence-electron chi connectivity index (χ2n) is 3.53. The average Bonchev–Trinajstić information content (AvgIpc) is 2.28. The molecule has 1 heterocycles. The molecule has 80 valence electrons. The SMILES string of the molecule is N#CC[C@H](N)c1cc2ccccc2nc1Cl. The Labute approximate surface area is 98.5 Å². The van der Waals surface area contributed by atoms with Crippen molar-refractivity contribution < 1.29 is 0 Å². The van der Waals surface area contributed by atoms with Crippen molar-refractivity contribution in [3.8, 4) is 6.07 Å². The number of hydrogen-bond donors (Lipinski definition) is 1. The van der Waals surface area contributed by atoms with Crippen LogP contribution in [-0.2, 0) is 0 Å². The molecule has 0 bridgehead atoms. The fraction of sp³-hybridized carbons (Fsp3) is 0.167. The molecule has 1 aromatic heterocycles. The molecule has 16 heavy (non-hydrogen) atoms. The van der Waals surface area contributed by atoms with Gasteiger partial charge in [-0.05, 0) is 12.1 Å². The first kappa shape index (κ1) is 10.9. The van der Waals surface area contributed by atoms with Gasteiger partial charge >= 0.3 is 0 Å². The summed E-state index contributed by atoms with van der Waals surface area (Å²) in [6.07, 6.45) is 0.236. The van der Waals surface area contributed by atoms with Crippen LogP contribution in [0.1, 0.15) is 18.0 Å². The van der Waals surface area contributed by atoms with Gasteiger partial charge in [0.2, 0.25) is 0 Å². The van der Waals surface area contributed by atoms with E-state index in [9.17, 15) is 0 Å². The van der Waals surface area contributed by atoms with Crippen molar-refractivity contribution in [2.24, 2.45) is 5.73 Å². The van der Waals surface area contributed by atoms with E-state index in [1.54, 1.807) is 0 Å². The number of hydrogen-bond acceptors (Lipinski definition) is 3. The zero-order valence-electron chi connectivity index (χ0n) is 8.52. The van der Waals surface area contributed by atoms with Crippen molar-refractivity contribution in [1.29, 1.82) is 5.26 Å². The van der Waals surface area contributed by atoms with Crippen LogP contribution < -0.4 is 5.73 Å². The minimum atomic E-state index is -0.380. The van der Waals surface area contributed by atoms with Gasteiger partial charge in [0.15, 0.2) is 0 Å². The van der Waals surface area contributed by atoms with Gasteiger partial charge in [0, 0.05) is 17.0 Å². The summed E-state index contributed by atoms with van der Waals surface area (Å²) in [6, 6.07) is 11.2. The van der Waals surface area contributed by atoms with E-state index in [1.165, 1.54) is 0 Å². The molecule has 0 aliphatic rings. The molecule has 2 aromatic rings. The number of benzene rings is 1. The van der Waals surface area contributed by atoms with E-state index < -0.39 is 0 Å². The highest BCUT2D eigenvalue weighted by molar-refractivity contribution is 6.30. The summed E-state index contributed by atoms with van der Waals surface area (Å²) in [5, 5.41) is 9.97. The van der Waals surface area contributed by atoms with Crippen molar-refractivity contribution in [3.05, 3.63) is 41.0 Å². The summed E-state index contributed by atoms with van der Waals surface area (Å²) >= 11 is 6.03. The lowest BCUT2D eigenvalue weighted by atomic mass is 10.1. The number of fused-ring (bicyclic) bond motifs is 1. The number of nitriles is 1. The highest BCUT2D eigenvalue weighted by atomic mass is 35.5. The summed E-state index contributed by atoms with van der Waals surface area (Å²) < 4.78 is 0. The van der Waals surface area contributed by atoms with Gasteiger partial charge in [-0.2, -0.15) is 5.26 Å². The molecule has 4 heteroatoms. The topological polar surface area (TPSA) is 62.7 Å². The van der Waals surface area contributed by atoms with E-state index in [1.807, 2.05) is 36.4 Å². The molecule has 1 atom stereocenters. The Hall–Kier alpha value is -1.63. The number of nitrogens with two attached hydrogens (primary N) is 1. The van der Waals surface area contributed by atoms with Crippen molar-refractivity contribution in [3.63, 3.8) is 0 Å². The maximum atomic E-state index is 8.61. The molecule has 0 unspecified atom stereocenters. The molecule has 2 rings (SSSR count). The first-order chi connectivity index (χ1) is 7.72. The zero-order chi connectivity index (χ0) is 11.5. The fourth-order valence-corrected chi connectivity index (χ4v) is 1.86. The Balaban J connectivity index is 2.54. The van der Waals surface area contributed by atoms with E-state index in [0.29, 0.717) is 5.15 Å². The van der Waals surface area contributed by atoms with Gasteiger partial charge < -0.3 is 5.73 Å². The lowest BCUT2D eigenvalue weighted by molar-refractivity contribution is 0.746. The smallest absolute Gasteiger partial charge is 0.134 e. The van der Waals surface area contributed by atoms with Crippen molar-refractivity contribution in [2.45, 2.75) is 12.5 Å². The van der Waals surface area contributed by atoms with Gasteiger partial charge in [0.25, 0.3) is 0 Å². The Morgan fingerprint density at radius 1 is 1.44 bits per heavy atom. The predicted octanol–water partition coefficient (Wildman–Crippen LogP) is 2.80. The van der Waals surface area contributed by atoms with Crippen molar-refractivity contribution in [1.82, 2.24) is 4.98 Å². The number of halogens is 1. The van der Waals surface area contributed by atoms with Gasteiger partial charge in [-0.1, -0.05) is 29.8 Å². The third-order valence-corrected chi connectivity index (χ3v) is 2.72. The maximum absolute atomic E-state index is 8.61. The number of para-hydroxylation sites is 1. The number of nitrogens with zero attached hydrogens (tertiary/aromatic N) is 2. The van der Waals surface area contributed by atoms with Gasteiger partial charge in [0.05, 0.1) is 18.0 Å². The van der Waals surface area contributed by atoms with Crippen LogP contribution in [0.3, 0.4) is 0 Å². The Morgan fingerprint density at radius 2 is 2.19 bits per heavy atom. The molecule has 0 saturated carbocycles. The number of aromatic nitrogens is 1. The lowest BCUT2D eigenvalue weighted by Gasteiger charge is -2.10. The molecule has 2 N–H and O–H groups in total. The number of rotatable bonds is 2. The summed E-state index contributed by atoms with van der Waals surface area (Å²) in [6.45, 7) is 0. The third kappa shape index (κ3) is 1.99. The normalized spacial score (nSPS) is 12.3. The minimum Gasteiger partial charge on any atom is -0.323 e. The number of pyridine rings is 1. The van der Waals surface area contributed by atoms with Crippen molar-refractivity contribution in [2.75, 3.05) is 0 Å². The molecule has 0 saturated heterocycles. The fourth-order valence-electron chi connectivity index (χ4n) is 1.58. The van der Waals surface area contributed by atoms with Gasteiger partial charge in [-0.3, -0.25) is 0 Å². The van der Waals surface area contributed by atoms with Crippen LogP contribution in [0.25, 0.3) is 10.9 Å². The van der Waals surface area contributed by atoms with Crippen LogP contribution in [0, 0.1) is 11.3 Å². The van der Waals surface area contributed by atoms with E-state index in [-0.39, 0.29) is 12.5 Å². The van der Waals surface area contributed by atoms with Crippen LogP contribution in [-0.4, -0.2) is 4.98 Å². The van der Waals surface area contributed by atoms with Crippen LogP contribution in [0.2, 0.25) is 5.15 Å². The van der Waals surface area contributed by atoms with E-state index >= 15 is 0 Å². The monoisotopic (exact) mass is 231 g/mol. The predicted molar refractivity (Wildman–Crippen MR) is 63.9 cm³/mol. The maximum Gasteiger partial charge on any atom is 0.134 e. The van der Waals surface area contributed by atoms with Crippen LogP contribution in [0.15, 0.2) is 30.3 Å². The molecule has 0 aliphatic heterocycles. The molecule has 3 nitrogen and oxygen atoms in total. The highest BCUT2D eigenvalue weighted by Crippen LogP contribution is 2.25. The van der Waals surface area contributed by atoms with Gasteiger partial charge in [-0.25, -0.2) is 4.98 Å². The minimum absolute atomic E-state index is 0.236. The average molecular weight is 232 g/mol. The summed E-state index contributed by atoms with van der Waals surface area (Å²) in [7, 11) is 0. The molecular formula is C12H10ClN3. The molecule has 0 fully saturated rings. The Morgan fingerprint density at radius 3 is 2.94 bits per heavy atom. The molecule has 0 radical (unpaired) electrons.